The number of anilines is 2. The van der Waals surface area contributed by atoms with Crippen molar-refractivity contribution in [2.75, 3.05) is 17.2 Å². The van der Waals surface area contributed by atoms with Crippen LogP contribution in [0.5, 0.6) is 0 Å². The van der Waals surface area contributed by atoms with Gasteiger partial charge in [0.2, 0.25) is 0 Å². The molecule has 2 N–H and O–H groups in total. The van der Waals surface area contributed by atoms with Crippen LogP contribution in [0, 0.1) is 13.8 Å². The minimum absolute atomic E-state index is 0.135. The molecule has 4 nitrogen and oxygen atoms in total. The number of benzene rings is 1. The van der Waals surface area contributed by atoms with E-state index < -0.39 is 0 Å². The van der Waals surface area contributed by atoms with Crippen LogP contribution in [0.15, 0.2) is 36.5 Å². The van der Waals surface area contributed by atoms with E-state index >= 15 is 0 Å². The molecule has 0 aliphatic rings. The number of rotatable bonds is 7. The summed E-state index contributed by atoms with van der Waals surface area (Å²) in [5.41, 5.74) is 3.65. The second-order valence-corrected chi connectivity index (χ2v) is 5.77. The summed E-state index contributed by atoms with van der Waals surface area (Å²) in [6, 6.07) is 9.54. The number of hydrogen-bond acceptors (Lipinski definition) is 3. The molecule has 2 rings (SSSR count). The number of carbonyl (C=O) groups excluding carboxylic acids is 1. The lowest BCUT2D eigenvalue weighted by Crippen LogP contribution is -2.13. The SMILES string of the molecule is CCCCCNc1ccc(C(=O)Nc2cccc(C)c2C)cn1. The van der Waals surface area contributed by atoms with E-state index in [0.717, 1.165) is 35.6 Å². The van der Waals surface area contributed by atoms with Gasteiger partial charge in [0.15, 0.2) is 0 Å². The Morgan fingerprint density at radius 1 is 1.13 bits per heavy atom. The Kier molecular flexibility index (Phi) is 6.15. The Hall–Kier alpha value is -2.36. The van der Waals surface area contributed by atoms with E-state index in [9.17, 15) is 4.79 Å². The van der Waals surface area contributed by atoms with Gasteiger partial charge in [-0.3, -0.25) is 4.79 Å². The van der Waals surface area contributed by atoms with Crippen molar-refractivity contribution in [2.45, 2.75) is 40.0 Å². The van der Waals surface area contributed by atoms with Crippen LogP contribution in [-0.2, 0) is 0 Å². The summed E-state index contributed by atoms with van der Waals surface area (Å²) in [5.74, 6) is 0.674. The zero-order valence-corrected chi connectivity index (χ0v) is 14.1. The summed E-state index contributed by atoms with van der Waals surface area (Å²) in [6.07, 6.45) is 5.16. The largest absolute Gasteiger partial charge is 0.370 e. The van der Waals surface area contributed by atoms with Crippen LogP contribution in [0.2, 0.25) is 0 Å². The minimum Gasteiger partial charge on any atom is -0.370 e. The average molecular weight is 311 g/mol. The number of pyridine rings is 1. The third-order valence-electron chi connectivity index (χ3n) is 3.96. The summed E-state index contributed by atoms with van der Waals surface area (Å²) in [4.78, 5) is 16.6. The van der Waals surface area contributed by atoms with Gasteiger partial charge in [0, 0.05) is 18.4 Å². The van der Waals surface area contributed by atoms with Crippen LogP contribution in [-0.4, -0.2) is 17.4 Å². The molecule has 0 aliphatic heterocycles. The van der Waals surface area contributed by atoms with E-state index in [1.165, 1.54) is 12.8 Å². The second kappa shape index (κ2) is 8.32. The van der Waals surface area contributed by atoms with E-state index in [1.54, 1.807) is 12.3 Å². The van der Waals surface area contributed by atoms with Crippen molar-refractivity contribution in [3.8, 4) is 0 Å². The number of hydrogen-bond donors (Lipinski definition) is 2. The number of nitrogens with one attached hydrogen (secondary N) is 2. The maximum atomic E-state index is 12.3. The van der Waals surface area contributed by atoms with Crippen molar-refractivity contribution in [1.82, 2.24) is 4.98 Å². The predicted octanol–water partition coefficient (Wildman–Crippen LogP) is 4.55. The molecule has 23 heavy (non-hydrogen) atoms. The van der Waals surface area contributed by atoms with Crippen molar-refractivity contribution >= 4 is 17.4 Å². The van der Waals surface area contributed by atoms with Gasteiger partial charge in [-0.15, -0.1) is 0 Å². The number of aryl methyl sites for hydroxylation is 1. The molecule has 0 saturated heterocycles. The van der Waals surface area contributed by atoms with Crippen LogP contribution in [0.3, 0.4) is 0 Å². The van der Waals surface area contributed by atoms with Crippen LogP contribution in [0.1, 0.15) is 47.7 Å². The predicted molar refractivity (Wildman–Crippen MR) is 96.1 cm³/mol. The van der Waals surface area contributed by atoms with E-state index in [-0.39, 0.29) is 5.91 Å². The molecule has 1 aromatic heterocycles. The van der Waals surface area contributed by atoms with E-state index in [1.807, 2.05) is 38.1 Å². The van der Waals surface area contributed by atoms with Crippen molar-refractivity contribution in [3.05, 3.63) is 53.2 Å². The number of aromatic nitrogens is 1. The molecular formula is C19H25N3O. The summed E-state index contributed by atoms with van der Waals surface area (Å²) in [5, 5.41) is 6.22. The third-order valence-corrected chi connectivity index (χ3v) is 3.96. The molecule has 2 aromatic rings. The van der Waals surface area contributed by atoms with Gasteiger partial charge in [0.1, 0.15) is 5.82 Å². The summed E-state index contributed by atoms with van der Waals surface area (Å²) < 4.78 is 0. The molecule has 1 aromatic carbocycles. The first kappa shape index (κ1) is 17.0. The maximum absolute atomic E-state index is 12.3. The Bertz CT molecular complexity index is 650. The van der Waals surface area contributed by atoms with Crippen LogP contribution in [0.4, 0.5) is 11.5 Å². The molecule has 0 atom stereocenters. The Balaban J connectivity index is 1.96. The number of amides is 1. The van der Waals surface area contributed by atoms with Gasteiger partial charge >= 0.3 is 0 Å². The molecule has 0 bridgehead atoms. The van der Waals surface area contributed by atoms with Gasteiger partial charge in [-0.1, -0.05) is 31.9 Å². The molecule has 0 unspecified atom stereocenters. The summed E-state index contributed by atoms with van der Waals surface area (Å²) in [6.45, 7) is 7.13. The van der Waals surface area contributed by atoms with Gasteiger partial charge in [0.25, 0.3) is 5.91 Å². The smallest absolute Gasteiger partial charge is 0.257 e. The van der Waals surface area contributed by atoms with Gasteiger partial charge in [-0.05, 0) is 49.6 Å². The quantitative estimate of drug-likeness (QED) is 0.737. The lowest BCUT2D eigenvalue weighted by molar-refractivity contribution is 0.102. The molecule has 0 radical (unpaired) electrons. The highest BCUT2D eigenvalue weighted by atomic mass is 16.1. The Morgan fingerprint density at radius 2 is 1.96 bits per heavy atom. The first-order valence-corrected chi connectivity index (χ1v) is 8.19. The second-order valence-electron chi connectivity index (χ2n) is 5.77. The zero-order valence-electron chi connectivity index (χ0n) is 14.1. The topological polar surface area (TPSA) is 54.0 Å². The van der Waals surface area contributed by atoms with E-state index in [2.05, 4.69) is 22.5 Å². The first-order chi connectivity index (χ1) is 11.1. The van der Waals surface area contributed by atoms with Crippen molar-refractivity contribution in [1.29, 1.82) is 0 Å². The lowest BCUT2D eigenvalue weighted by Gasteiger charge is -2.10. The third kappa shape index (κ3) is 4.81. The maximum Gasteiger partial charge on any atom is 0.257 e. The molecule has 0 fully saturated rings. The fourth-order valence-electron chi connectivity index (χ4n) is 2.31. The Labute approximate surface area is 138 Å². The van der Waals surface area contributed by atoms with Gasteiger partial charge in [-0.25, -0.2) is 4.98 Å². The van der Waals surface area contributed by atoms with Crippen molar-refractivity contribution in [2.24, 2.45) is 0 Å². The van der Waals surface area contributed by atoms with Crippen molar-refractivity contribution < 1.29 is 4.79 Å². The van der Waals surface area contributed by atoms with Crippen LogP contribution >= 0.6 is 0 Å². The van der Waals surface area contributed by atoms with Crippen molar-refractivity contribution in [3.63, 3.8) is 0 Å². The fourth-order valence-corrected chi connectivity index (χ4v) is 2.31. The average Bonchev–Trinajstić information content (AvgIpc) is 2.56. The molecular weight excluding hydrogens is 286 g/mol. The molecule has 0 saturated carbocycles. The standard InChI is InChI=1S/C19H25N3O/c1-4-5-6-12-20-18-11-10-16(13-21-18)19(23)22-17-9-7-8-14(2)15(17)3/h7-11,13H,4-6,12H2,1-3H3,(H,20,21)(H,22,23). The normalized spacial score (nSPS) is 10.4. The monoisotopic (exact) mass is 311 g/mol. The lowest BCUT2D eigenvalue weighted by atomic mass is 10.1. The van der Waals surface area contributed by atoms with E-state index in [4.69, 9.17) is 0 Å². The molecule has 0 aliphatic carbocycles. The van der Waals surface area contributed by atoms with Gasteiger partial charge in [0.05, 0.1) is 5.56 Å². The molecule has 4 heteroatoms. The van der Waals surface area contributed by atoms with Crippen LogP contribution < -0.4 is 10.6 Å². The Morgan fingerprint density at radius 3 is 2.65 bits per heavy atom. The van der Waals surface area contributed by atoms with Gasteiger partial charge < -0.3 is 10.6 Å². The highest BCUT2D eigenvalue weighted by molar-refractivity contribution is 6.04. The minimum atomic E-state index is -0.135. The highest BCUT2D eigenvalue weighted by Gasteiger charge is 2.09. The van der Waals surface area contributed by atoms with Crippen LogP contribution in [0.25, 0.3) is 0 Å². The molecule has 1 heterocycles. The van der Waals surface area contributed by atoms with Gasteiger partial charge in [-0.2, -0.15) is 0 Å². The number of carbonyl (C=O) groups is 1. The molecule has 0 spiro atoms. The fraction of sp³-hybridized carbons (Fsp3) is 0.368. The first-order valence-electron chi connectivity index (χ1n) is 8.19. The highest BCUT2D eigenvalue weighted by Crippen LogP contribution is 2.19. The zero-order chi connectivity index (χ0) is 16.7. The molecule has 122 valence electrons. The summed E-state index contributed by atoms with van der Waals surface area (Å²) in [7, 11) is 0. The van der Waals surface area contributed by atoms with E-state index in [0.29, 0.717) is 5.56 Å². The summed E-state index contributed by atoms with van der Waals surface area (Å²) >= 11 is 0. The number of nitrogens with zero attached hydrogens (tertiary/aromatic N) is 1. The molecule has 1 amide bonds. The number of unbranched alkanes of at least 4 members (excludes halogenated alkanes) is 2.